The van der Waals surface area contributed by atoms with Crippen LogP contribution in [0.3, 0.4) is 0 Å². The third kappa shape index (κ3) is 3.53. The highest BCUT2D eigenvalue weighted by Gasteiger charge is 2.43. The number of Topliss-reactive ketones (excluding diaryl/α,β-unsaturated/α-hetero) is 1. The topological polar surface area (TPSA) is 87.7 Å². The van der Waals surface area contributed by atoms with Crippen molar-refractivity contribution >= 4 is 13.4 Å². The third-order valence-electron chi connectivity index (χ3n) is 2.82. The summed E-state index contributed by atoms with van der Waals surface area (Å²) in [4.78, 5) is 29.9. The summed E-state index contributed by atoms with van der Waals surface area (Å²) in [6, 6.07) is 3.56. The number of ketones is 1. The molecular weight excluding hydrogens is 243 g/mol. The molecular formula is C11H17O5P. The fourth-order valence-electron chi connectivity index (χ4n) is 1.35. The van der Waals surface area contributed by atoms with Crippen molar-refractivity contribution in [2.24, 2.45) is 0 Å². The number of hydrogen-bond donors (Lipinski definition) is 2. The lowest BCUT2D eigenvalue weighted by Crippen LogP contribution is -2.31. The molecule has 0 saturated carbocycles. The average Bonchev–Trinajstić information content (AvgIpc) is 2.68. The van der Waals surface area contributed by atoms with Gasteiger partial charge in [0.2, 0.25) is 0 Å². The van der Waals surface area contributed by atoms with Crippen LogP contribution in [-0.2, 0) is 15.8 Å². The molecule has 0 aliphatic rings. The first-order valence-electron chi connectivity index (χ1n) is 5.36. The molecule has 0 aliphatic carbocycles. The summed E-state index contributed by atoms with van der Waals surface area (Å²) >= 11 is 0. The zero-order valence-corrected chi connectivity index (χ0v) is 10.8. The Morgan fingerprint density at radius 1 is 1.47 bits per heavy atom. The van der Waals surface area contributed by atoms with Crippen molar-refractivity contribution < 1.29 is 23.6 Å². The Kier molecular flexibility index (Phi) is 4.31. The largest absolute Gasteiger partial charge is 0.469 e. The van der Waals surface area contributed by atoms with Crippen LogP contribution in [0.25, 0.3) is 0 Å². The summed E-state index contributed by atoms with van der Waals surface area (Å²) < 4.78 is 16.2. The Morgan fingerprint density at radius 2 is 2.12 bits per heavy atom. The molecule has 1 rings (SSSR count). The first-order chi connectivity index (χ1) is 7.75. The molecule has 0 unspecified atom stereocenters. The van der Waals surface area contributed by atoms with Gasteiger partial charge in [-0.15, -0.1) is 0 Å². The van der Waals surface area contributed by atoms with Gasteiger partial charge in [-0.05, 0) is 32.4 Å². The molecule has 2 N–H and O–H groups in total. The first-order valence-corrected chi connectivity index (χ1v) is 6.97. The molecule has 1 aromatic heterocycles. The summed E-state index contributed by atoms with van der Waals surface area (Å²) in [6.07, 6.45) is 2.81. The van der Waals surface area contributed by atoms with Gasteiger partial charge >= 0.3 is 7.60 Å². The van der Waals surface area contributed by atoms with E-state index in [0.29, 0.717) is 12.8 Å². The summed E-state index contributed by atoms with van der Waals surface area (Å²) in [7, 11) is -4.40. The lowest BCUT2D eigenvalue weighted by atomic mass is 10.0. The van der Waals surface area contributed by atoms with Crippen molar-refractivity contribution in [3.05, 3.63) is 24.2 Å². The minimum Gasteiger partial charge on any atom is -0.469 e. The normalized spacial score (nSPS) is 12.7. The number of aryl methyl sites for hydroxylation is 1. The van der Waals surface area contributed by atoms with Crippen molar-refractivity contribution in [1.82, 2.24) is 0 Å². The van der Waals surface area contributed by atoms with E-state index in [0.717, 1.165) is 5.76 Å². The standard InChI is InChI=1S/C11H17O5P/c1-11(2,17(13,14)15)10(12)7-3-5-9-6-4-8-16-9/h4,6,8H,3,5,7H2,1-2H3,(H2,13,14,15). The lowest BCUT2D eigenvalue weighted by molar-refractivity contribution is -0.121. The number of furan rings is 1. The van der Waals surface area contributed by atoms with Gasteiger partial charge in [0.25, 0.3) is 0 Å². The molecule has 0 amide bonds. The first kappa shape index (κ1) is 14.2. The van der Waals surface area contributed by atoms with Crippen molar-refractivity contribution in [3.63, 3.8) is 0 Å². The molecule has 1 heterocycles. The molecule has 0 radical (unpaired) electrons. The van der Waals surface area contributed by atoms with Crippen molar-refractivity contribution in [1.29, 1.82) is 0 Å². The van der Waals surface area contributed by atoms with Gasteiger partial charge < -0.3 is 14.2 Å². The molecule has 1 aromatic rings. The molecule has 17 heavy (non-hydrogen) atoms. The van der Waals surface area contributed by atoms with Crippen LogP contribution in [0.4, 0.5) is 0 Å². The van der Waals surface area contributed by atoms with Crippen LogP contribution in [0.1, 0.15) is 32.4 Å². The smallest absolute Gasteiger partial charge is 0.338 e. The van der Waals surface area contributed by atoms with Crippen LogP contribution in [0.15, 0.2) is 22.8 Å². The molecule has 0 bridgehead atoms. The van der Waals surface area contributed by atoms with Crippen LogP contribution in [-0.4, -0.2) is 20.7 Å². The zero-order valence-electron chi connectivity index (χ0n) is 9.92. The zero-order chi connectivity index (χ0) is 13.1. The average molecular weight is 260 g/mol. The van der Waals surface area contributed by atoms with E-state index in [9.17, 15) is 9.36 Å². The maximum absolute atomic E-state index is 11.7. The second kappa shape index (κ2) is 5.17. The molecule has 0 saturated heterocycles. The van der Waals surface area contributed by atoms with E-state index in [1.807, 2.05) is 0 Å². The Balaban J connectivity index is 2.48. The number of hydrogen-bond acceptors (Lipinski definition) is 3. The number of carbonyl (C=O) groups excluding carboxylic acids is 1. The van der Waals surface area contributed by atoms with Gasteiger partial charge in [-0.25, -0.2) is 0 Å². The Labute approximate surface area is 100.0 Å². The number of carbonyl (C=O) groups is 1. The molecule has 6 heteroatoms. The molecule has 0 spiro atoms. The predicted octanol–water partition coefficient (Wildman–Crippen LogP) is 2.13. The summed E-state index contributed by atoms with van der Waals surface area (Å²) in [5.74, 6) is 0.351. The Hall–Kier alpha value is -0.900. The van der Waals surface area contributed by atoms with E-state index in [4.69, 9.17) is 14.2 Å². The van der Waals surface area contributed by atoms with Crippen LogP contribution in [0.5, 0.6) is 0 Å². The van der Waals surface area contributed by atoms with Crippen molar-refractivity contribution in [3.8, 4) is 0 Å². The van der Waals surface area contributed by atoms with Gasteiger partial charge in [0.15, 0.2) is 5.78 Å². The maximum atomic E-state index is 11.7. The van der Waals surface area contributed by atoms with Crippen molar-refractivity contribution in [2.75, 3.05) is 0 Å². The minimum absolute atomic E-state index is 0.138. The molecule has 0 aliphatic heterocycles. The maximum Gasteiger partial charge on any atom is 0.338 e. The van der Waals surface area contributed by atoms with E-state index in [1.165, 1.54) is 13.8 Å². The molecule has 0 aromatic carbocycles. The van der Waals surface area contributed by atoms with Gasteiger partial charge in [0, 0.05) is 12.8 Å². The van der Waals surface area contributed by atoms with Gasteiger partial charge in [0.05, 0.1) is 6.26 Å². The van der Waals surface area contributed by atoms with Gasteiger partial charge in [-0.2, -0.15) is 0 Å². The highest BCUT2D eigenvalue weighted by Crippen LogP contribution is 2.51. The predicted molar refractivity (Wildman–Crippen MR) is 62.8 cm³/mol. The molecule has 96 valence electrons. The van der Waals surface area contributed by atoms with Crippen LogP contribution >= 0.6 is 7.60 Å². The van der Waals surface area contributed by atoms with E-state index in [1.54, 1.807) is 18.4 Å². The van der Waals surface area contributed by atoms with E-state index in [-0.39, 0.29) is 6.42 Å². The van der Waals surface area contributed by atoms with Crippen LogP contribution in [0, 0.1) is 0 Å². The third-order valence-corrected chi connectivity index (χ3v) is 4.52. The SMILES string of the molecule is CC(C)(C(=O)CCCc1ccco1)P(=O)(O)O. The monoisotopic (exact) mass is 260 g/mol. The van der Waals surface area contributed by atoms with Crippen LogP contribution < -0.4 is 0 Å². The Morgan fingerprint density at radius 3 is 2.59 bits per heavy atom. The van der Waals surface area contributed by atoms with E-state index < -0.39 is 18.5 Å². The highest BCUT2D eigenvalue weighted by molar-refractivity contribution is 7.54. The lowest BCUT2D eigenvalue weighted by Gasteiger charge is -2.23. The molecule has 0 fully saturated rings. The fourth-order valence-corrected chi connectivity index (χ4v) is 1.78. The fraction of sp³-hybridized carbons (Fsp3) is 0.545. The minimum atomic E-state index is -4.40. The van der Waals surface area contributed by atoms with Gasteiger partial charge in [0.1, 0.15) is 10.9 Å². The van der Waals surface area contributed by atoms with E-state index >= 15 is 0 Å². The van der Waals surface area contributed by atoms with Gasteiger partial charge in [-0.3, -0.25) is 9.36 Å². The van der Waals surface area contributed by atoms with Gasteiger partial charge in [-0.1, -0.05) is 0 Å². The second-order valence-electron chi connectivity index (χ2n) is 4.46. The summed E-state index contributed by atoms with van der Waals surface area (Å²) in [5, 5.41) is -1.60. The van der Waals surface area contributed by atoms with E-state index in [2.05, 4.69) is 0 Å². The summed E-state index contributed by atoms with van der Waals surface area (Å²) in [5.41, 5.74) is 0. The summed E-state index contributed by atoms with van der Waals surface area (Å²) in [6.45, 7) is 2.56. The van der Waals surface area contributed by atoms with Crippen molar-refractivity contribution in [2.45, 2.75) is 38.3 Å². The quantitative estimate of drug-likeness (QED) is 0.765. The second-order valence-corrected chi connectivity index (χ2v) is 6.67. The molecule has 0 atom stereocenters. The number of rotatable bonds is 6. The van der Waals surface area contributed by atoms with Crippen LogP contribution in [0.2, 0.25) is 0 Å². The highest BCUT2D eigenvalue weighted by atomic mass is 31.2. The molecule has 5 nitrogen and oxygen atoms in total. The Bertz CT molecular complexity index is 415.